The second kappa shape index (κ2) is 6.90. The molecule has 0 bridgehead atoms. The van der Waals surface area contributed by atoms with Gasteiger partial charge in [0.1, 0.15) is 0 Å². The summed E-state index contributed by atoms with van der Waals surface area (Å²) in [5.74, 6) is -1.41. The first-order chi connectivity index (χ1) is 10.6. The number of ketones is 1. The minimum Gasteiger partial charge on any atom is -0.293 e. The molecule has 0 spiro atoms. The van der Waals surface area contributed by atoms with E-state index < -0.39 is 16.6 Å². The molecule has 0 N–H and O–H groups in total. The van der Waals surface area contributed by atoms with E-state index in [0.29, 0.717) is 11.3 Å². The van der Waals surface area contributed by atoms with Crippen molar-refractivity contribution < 1.29 is 9.72 Å². The Morgan fingerprint density at radius 1 is 1.32 bits per heavy atom. The van der Waals surface area contributed by atoms with E-state index in [1.807, 2.05) is 6.07 Å². The molecule has 0 amide bonds. The third-order valence-electron chi connectivity index (χ3n) is 2.92. The summed E-state index contributed by atoms with van der Waals surface area (Å²) in [6, 6.07) is 12.8. The van der Waals surface area contributed by atoms with Crippen molar-refractivity contribution >= 4 is 17.5 Å². The van der Waals surface area contributed by atoms with Crippen LogP contribution in [0.25, 0.3) is 6.08 Å². The van der Waals surface area contributed by atoms with Gasteiger partial charge in [0.15, 0.2) is 11.7 Å². The smallest absolute Gasteiger partial charge is 0.270 e. The zero-order chi connectivity index (χ0) is 15.9. The van der Waals surface area contributed by atoms with Crippen LogP contribution in [0.3, 0.4) is 0 Å². The minimum atomic E-state index is -0.990. The van der Waals surface area contributed by atoms with E-state index >= 15 is 0 Å². The Hall–Kier alpha value is -3.33. The number of pyridine rings is 1. The summed E-state index contributed by atoms with van der Waals surface area (Å²) >= 11 is 0. The highest BCUT2D eigenvalue weighted by atomic mass is 16.6. The van der Waals surface area contributed by atoms with Crippen LogP contribution in [-0.4, -0.2) is 15.7 Å². The van der Waals surface area contributed by atoms with Gasteiger partial charge >= 0.3 is 0 Å². The summed E-state index contributed by atoms with van der Waals surface area (Å²) in [5.41, 5.74) is 0.829. The number of carbonyl (C=O) groups excluding carboxylic acids is 1. The Morgan fingerprint density at radius 3 is 2.77 bits per heavy atom. The molecule has 1 aromatic carbocycles. The lowest BCUT2D eigenvalue weighted by atomic mass is 10.00. The Kier molecular flexibility index (Phi) is 4.73. The number of nitrogens with zero attached hydrogens (tertiary/aromatic N) is 3. The van der Waals surface area contributed by atoms with Gasteiger partial charge in [-0.2, -0.15) is 5.26 Å². The van der Waals surface area contributed by atoms with Crippen molar-refractivity contribution in [2.45, 2.75) is 5.92 Å². The highest BCUT2D eigenvalue weighted by molar-refractivity contribution is 6.00. The van der Waals surface area contributed by atoms with E-state index in [9.17, 15) is 14.9 Å². The van der Waals surface area contributed by atoms with Crippen molar-refractivity contribution in [3.8, 4) is 6.07 Å². The molecule has 2 rings (SSSR count). The molecule has 108 valence electrons. The van der Waals surface area contributed by atoms with Crippen LogP contribution in [0.4, 0.5) is 5.69 Å². The molecular weight excluding hydrogens is 282 g/mol. The lowest BCUT2D eigenvalue weighted by molar-refractivity contribution is -0.384. The number of nitro groups is 1. The number of nitriles is 1. The topological polar surface area (TPSA) is 96.9 Å². The average Bonchev–Trinajstić information content (AvgIpc) is 2.55. The fourth-order valence-corrected chi connectivity index (χ4v) is 1.84. The molecule has 0 aliphatic heterocycles. The first-order valence-electron chi connectivity index (χ1n) is 6.39. The van der Waals surface area contributed by atoms with E-state index in [-0.39, 0.29) is 5.69 Å². The summed E-state index contributed by atoms with van der Waals surface area (Å²) in [6.07, 6.45) is 4.20. The summed E-state index contributed by atoms with van der Waals surface area (Å²) < 4.78 is 0. The maximum Gasteiger partial charge on any atom is 0.270 e. The van der Waals surface area contributed by atoms with Gasteiger partial charge in [-0.15, -0.1) is 0 Å². The van der Waals surface area contributed by atoms with Gasteiger partial charge < -0.3 is 0 Å². The minimum absolute atomic E-state index is 0.0591. The summed E-state index contributed by atoms with van der Waals surface area (Å²) in [6.45, 7) is 0. The van der Waals surface area contributed by atoms with E-state index in [1.165, 1.54) is 36.5 Å². The van der Waals surface area contributed by atoms with Crippen molar-refractivity contribution in [1.82, 2.24) is 4.98 Å². The van der Waals surface area contributed by atoms with Gasteiger partial charge in [0, 0.05) is 18.3 Å². The Morgan fingerprint density at radius 2 is 2.14 bits per heavy atom. The van der Waals surface area contributed by atoms with Gasteiger partial charge in [-0.1, -0.05) is 24.3 Å². The zero-order valence-electron chi connectivity index (χ0n) is 11.4. The number of nitro benzene ring substituents is 1. The zero-order valence-corrected chi connectivity index (χ0v) is 11.4. The Labute approximate surface area is 126 Å². The van der Waals surface area contributed by atoms with Crippen LogP contribution in [0.2, 0.25) is 0 Å². The van der Waals surface area contributed by atoms with Gasteiger partial charge in [-0.3, -0.25) is 19.9 Å². The van der Waals surface area contributed by atoms with Crippen LogP contribution in [0.5, 0.6) is 0 Å². The summed E-state index contributed by atoms with van der Waals surface area (Å²) in [5, 5.41) is 19.8. The summed E-state index contributed by atoms with van der Waals surface area (Å²) in [4.78, 5) is 26.3. The predicted molar refractivity (Wildman–Crippen MR) is 79.7 cm³/mol. The molecule has 0 radical (unpaired) electrons. The summed E-state index contributed by atoms with van der Waals surface area (Å²) in [7, 11) is 0. The number of aromatic nitrogens is 1. The normalized spacial score (nSPS) is 11.8. The molecule has 0 saturated carbocycles. The largest absolute Gasteiger partial charge is 0.293 e. The lowest BCUT2D eigenvalue weighted by Crippen LogP contribution is -2.09. The van der Waals surface area contributed by atoms with Gasteiger partial charge in [0.25, 0.3) is 5.69 Å². The first-order valence-corrected chi connectivity index (χ1v) is 6.39. The maximum absolute atomic E-state index is 12.1. The van der Waals surface area contributed by atoms with Gasteiger partial charge in [-0.05, 0) is 23.8 Å². The standard InChI is InChI=1S/C16H11N3O3/c17-11-14(15-6-1-2-9-18-15)16(20)8-7-12-4-3-5-13(10-12)19(21)22/h1-10,14H/b8-7+/t14-/m1/s1. The highest BCUT2D eigenvalue weighted by Crippen LogP contribution is 2.17. The molecule has 1 atom stereocenters. The third kappa shape index (κ3) is 3.61. The molecule has 6 nitrogen and oxygen atoms in total. The number of hydrogen-bond acceptors (Lipinski definition) is 5. The molecular formula is C16H11N3O3. The van der Waals surface area contributed by atoms with Gasteiger partial charge in [-0.25, -0.2) is 0 Å². The monoisotopic (exact) mass is 293 g/mol. The van der Waals surface area contributed by atoms with Crippen molar-refractivity contribution in [3.63, 3.8) is 0 Å². The van der Waals surface area contributed by atoms with Crippen molar-refractivity contribution in [2.75, 3.05) is 0 Å². The van der Waals surface area contributed by atoms with Crippen LogP contribution < -0.4 is 0 Å². The van der Waals surface area contributed by atoms with E-state index in [4.69, 9.17) is 5.26 Å². The molecule has 2 aromatic rings. The first kappa shape index (κ1) is 15.1. The highest BCUT2D eigenvalue weighted by Gasteiger charge is 2.18. The fourth-order valence-electron chi connectivity index (χ4n) is 1.84. The second-order valence-corrected chi connectivity index (χ2v) is 4.40. The second-order valence-electron chi connectivity index (χ2n) is 4.40. The number of rotatable bonds is 5. The number of allylic oxidation sites excluding steroid dienone is 1. The Balaban J connectivity index is 2.19. The van der Waals surface area contributed by atoms with Gasteiger partial charge in [0.2, 0.25) is 0 Å². The van der Waals surface area contributed by atoms with Crippen LogP contribution in [-0.2, 0) is 4.79 Å². The Bertz CT molecular complexity index is 764. The molecule has 6 heteroatoms. The van der Waals surface area contributed by atoms with E-state index in [0.717, 1.165) is 0 Å². The van der Waals surface area contributed by atoms with Gasteiger partial charge in [0.05, 0.1) is 16.7 Å². The average molecular weight is 293 g/mol. The van der Waals surface area contributed by atoms with Crippen molar-refractivity contribution in [3.05, 3.63) is 76.1 Å². The molecule has 0 aliphatic carbocycles. The maximum atomic E-state index is 12.1. The van der Waals surface area contributed by atoms with E-state index in [2.05, 4.69) is 4.98 Å². The van der Waals surface area contributed by atoms with Crippen LogP contribution in [0.15, 0.2) is 54.7 Å². The van der Waals surface area contributed by atoms with Crippen LogP contribution in [0.1, 0.15) is 17.2 Å². The number of carbonyl (C=O) groups is 1. The van der Waals surface area contributed by atoms with Crippen LogP contribution >= 0.6 is 0 Å². The SMILES string of the molecule is N#C[C@@H](C(=O)/C=C/c1cccc([N+](=O)[O-])c1)c1ccccn1. The third-order valence-corrected chi connectivity index (χ3v) is 2.92. The molecule has 1 heterocycles. The predicted octanol–water partition coefficient (Wildman–Crippen LogP) is 2.88. The van der Waals surface area contributed by atoms with E-state index in [1.54, 1.807) is 24.3 Å². The molecule has 0 aliphatic rings. The molecule has 0 fully saturated rings. The molecule has 0 saturated heterocycles. The molecule has 1 aromatic heterocycles. The fraction of sp³-hybridized carbons (Fsp3) is 0.0625. The quantitative estimate of drug-likeness (QED) is 0.479. The van der Waals surface area contributed by atoms with Crippen molar-refractivity contribution in [2.24, 2.45) is 0 Å². The molecule has 22 heavy (non-hydrogen) atoms. The number of non-ortho nitro benzene ring substituents is 1. The van der Waals surface area contributed by atoms with Crippen molar-refractivity contribution in [1.29, 1.82) is 5.26 Å². The molecule has 0 unspecified atom stereocenters. The van der Waals surface area contributed by atoms with Crippen LogP contribution in [0, 0.1) is 21.4 Å². The number of hydrogen-bond donors (Lipinski definition) is 0. The lowest BCUT2D eigenvalue weighted by Gasteiger charge is -2.03. The number of benzene rings is 1.